The predicted molar refractivity (Wildman–Crippen MR) is 85.2 cm³/mol. The second-order valence-corrected chi connectivity index (χ2v) is 6.15. The molecule has 21 heavy (non-hydrogen) atoms. The van der Waals surface area contributed by atoms with Gasteiger partial charge in [0.2, 0.25) is 0 Å². The van der Waals surface area contributed by atoms with E-state index in [1.54, 1.807) is 17.4 Å². The zero-order valence-corrected chi connectivity index (χ0v) is 13.0. The van der Waals surface area contributed by atoms with E-state index in [1.807, 2.05) is 25.5 Å². The van der Waals surface area contributed by atoms with Gasteiger partial charge in [0, 0.05) is 28.5 Å². The van der Waals surface area contributed by atoms with Crippen molar-refractivity contribution in [3.8, 4) is 0 Å². The number of aryl methyl sites for hydroxylation is 1. The van der Waals surface area contributed by atoms with Gasteiger partial charge in [0.25, 0.3) is 0 Å². The van der Waals surface area contributed by atoms with Crippen LogP contribution in [0.4, 0.5) is 4.39 Å². The minimum Gasteiger partial charge on any atom is -0.333 e. The molecule has 5 heteroatoms. The number of fused-ring (bicyclic) bond motifs is 1. The maximum Gasteiger partial charge on any atom is 0.131 e. The summed E-state index contributed by atoms with van der Waals surface area (Å²) < 4.78 is 16.6. The molecule has 0 radical (unpaired) electrons. The third kappa shape index (κ3) is 2.71. The molecule has 0 fully saturated rings. The summed E-state index contributed by atoms with van der Waals surface area (Å²) >= 11 is 1.68. The lowest BCUT2D eigenvalue weighted by Gasteiger charge is -2.16. The number of nitrogens with one attached hydrogen (secondary N) is 1. The van der Waals surface area contributed by atoms with E-state index in [1.165, 1.54) is 6.07 Å². The van der Waals surface area contributed by atoms with Gasteiger partial charge in [0.1, 0.15) is 17.7 Å². The summed E-state index contributed by atoms with van der Waals surface area (Å²) in [7, 11) is 1.93. The van der Waals surface area contributed by atoms with Crippen molar-refractivity contribution in [1.29, 1.82) is 0 Å². The highest BCUT2D eigenvalue weighted by Crippen LogP contribution is 2.33. The number of imidazole rings is 1. The first kappa shape index (κ1) is 14.2. The number of hydrogen-bond acceptors (Lipinski definition) is 3. The fourth-order valence-electron chi connectivity index (χ4n) is 2.59. The van der Waals surface area contributed by atoms with Crippen LogP contribution in [-0.4, -0.2) is 16.6 Å². The average molecular weight is 303 g/mol. The Morgan fingerprint density at radius 3 is 3.00 bits per heavy atom. The van der Waals surface area contributed by atoms with Crippen molar-refractivity contribution in [3.05, 3.63) is 53.2 Å². The second kappa shape index (κ2) is 5.95. The van der Waals surface area contributed by atoms with Crippen LogP contribution in [0, 0.1) is 5.82 Å². The Bertz CT molecular complexity index is 747. The van der Waals surface area contributed by atoms with Crippen LogP contribution in [0.25, 0.3) is 10.1 Å². The van der Waals surface area contributed by atoms with Crippen molar-refractivity contribution >= 4 is 21.4 Å². The zero-order valence-electron chi connectivity index (χ0n) is 12.1. The molecule has 3 aromatic rings. The first-order valence-corrected chi connectivity index (χ1v) is 7.92. The van der Waals surface area contributed by atoms with Crippen molar-refractivity contribution in [1.82, 2.24) is 14.9 Å². The Hall–Kier alpha value is -1.72. The third-order valence-electron chi connectivity index (χ3n) is 3.54. The van der Waals surface area contributed by atoms with E-state index in [9.17, 15) is 4.39 Å². The number of rotatable bonds is 5. The number of halogens is 1. The predicted octanol–water partition coefficient (Wildman–Crippen LogP) is 3.96. The second-order valence-electron chi connectivity index (χ2n) is 5.03. The molecule has 0 saturated carbocycles. The van der Waals surface area contributed by atoms with Gasteiger partial charge in [-0.15, -0.1) is 11.3 Å². The molecule has 0 aliphatic heterocycles. The van der Waals surface area contributed by atoms with E-state index < -0.39 is 0 Å². The Morgan fingerprint density at radius 2 is 2.24 bits per heavy atom. The molecule has 1 atom stereocenters. The van der Waals surface area contributed by atoms with E-state index >= 15 is 0 Å². The number of thiophene rings is 1. The maximum absolute atomic E-state index is 13.3. The van der Waals surface area contributed by atoms with Crippen LogP contribution in [0.5, 0.6) is 0 Å². The van der Waals surface area contributed by atoms with Gasteiger partial charge in [-0.05, 0) is 43.1 Å². The summed E-state index contributed by atoms with van der Waals surface area (Å²) in [5, 5.41) is 4.28. The van der Waals surface area contributed by atoms with Crippen molar-refractivity contribution in [2.45, 2.75) is 25.9 Å². The van der Waals surface area contributed by atoms with Crippen LogP contribution in [0.2, 0.25) is 0 Å². The van der Waals surface area contributed by atoms with Crippen LogP contribution in [0.15, 0.2) is 36.7 Å². The molecular weight excluding hydrogens is 285 g/mol. The normalized spacial score (nSPS) is 12.9. The van der Waals surface area contributed by atoms with Gasteiger partial charge in [0.05, 0.1) is 0 Å². The van der Waals surface area contributed by atoms with Gasteiger partial charge in [-0.1, -0.05) is 6.92 Å². The molecular formula is C16H18FN3S. The zero-order chi connectivity index (χ0) is 14.8. The molecule has 3 rings (SSSR count). The van der Waals surface area contributed by atoms with Gasteiger partial charge >= 0.3 is 0 Å². The van der Waals surface area contributed by atoms with Gasteiger partial charge in [-0.2, -0.15) is 0 Å². The van der Waals surface area contributed by atoms with Gasteiger partial charge < -0.3 is 9.88 Å². The van der Waals surface area contributed by atoms with Crippen molar-refractivity contribution in [3.63, 3.8) is 0 Å². The van der Waals surface area contributed by atoms with Crippen LogP contribution in [0.3, 0.4) is 0 Å². The van der Waals surface area contributed by atoms with Crippen LogP contribution in [-0.2, 0) is 6.54 Å². The fraction of sp³-hybridized carbons (Fsp3) is 0.312. The molecule has 0 aliphatic rings. The Kier molecular flexibility index (Phi) is 4.03. The monoisotopic (exact) mass is 303 g/mol. The molecule has 1 N–H and O–H groups in total. The first-order chi connectivity index (χ1) is 10.2. The number of hydrogen-bond donors (Lipinski definition) is 1. The van der Waals surface area contributed by atoms with E-state index in [0.717, 1.165) is 33.8 Å². The lowest BCUT2D eigenvalue weighted by Crippen LogP contribution is -2.21. The van der Waals surface area contributed by atoms with E-state index in [4.69, 9.17) is 0 Å². The molecule has 1 unspecified atom stereocenters. The Labute approximate surface area is 127 Å². The Morgan fingerprint density at radius 1 is 1.38 bits per heavy atom. The highest BCUT2D eigenvalue weighted by molar-refractivity contribution is 7.19. The minimum atomic E-state index is -0.194. The average Bonchev–Trinajstić information content (AvgIpc) is 3.07. The van der Waals surface area contributed by atoms with E-state index in [2.05, 4.69) is 27.9 Å². The van der Waals surface area contributed by atoms with Crippen LogP contribution in [0.1, 0.15) is 30.1 Å². The number of benzene rings is 1. The van der Waals surface area contributed by atoms with Gasteiger partial charge in [-0.3, -0.25) is 0 Å². The molecule has 0 aliphatic carbocycles. The van der Waals surface area contributed by atoms with Crippen LogP contribution >= 0.6 is 11.3 Å². The van der Waals surface area contributed by atoms with Gasteiger partial charge in [0.15, 0.2) is 0 Å². The standard InChI is InChI=1S/C16H18FN3S/c1-3-7-20-8-6-19-16(20)15(18-2)14-10-11-9-12(17)4-5-13(11)21-14/h4-6,8-10,15,18H,3,7H2,1-2H3. The van der Waals surface area contributed by atoms with E-state index in [-0.39, 0.29) is 11.9 Å². The lowest BCUT2D eigenvalue weighted by molar-refractivity contribution is 0.573. The summed E-state index contributed by atoms with van der Waals surface area (Å²) in [6, 6.07) is 7.02. The molecule has 3 nitrogen and oxygen atoms in total. The van der Waals surface area contributed by atoms with Crippen molar-refractivity contribution in [2.75, 3.05) is 7.05 Å². The summed E-state index contributed by atoms with van der Waals surface area (Å²) in [6.07, 6.45) is 4.91. The fourth-order valence-corrected chi connectivity index (χ4v) is 3.74. The highest BCUT2D eigenvalue weighted by Gasteiger charge is 2.19. The maximum atomic E-state index is 13.3. The minimum absolute atomic E-state index is 0.0343. The molecule has 2 heterocycles. The Balaban J connectivity index is 2.03. The van der Waals surface area contributed by atoms with Crippen LogP contribution < -0.4 is 5.32 Å². The summed E-state index contributed by atoms with van der Waals surface area (Å²) in [4.78, 5) is 5.66. The summed E-state index contributed by atoms with van der Waals surface area (Å²) in [5.74, 6) is 0.812. The number of nitrogens with zero attached hydrogens (tertiary/aromatic N) is 2. The highest BCUT2D eigenvalue weighted by atomic mass is 32.1. The SMILES string of the molecule is CCCn1ccnc1C(NC)c1cc2cc(F)ccc2s1. The van der Waals surface area contributed by atoms with Crippen molar-refractivity contribution in [2.24, 2.45) is 0 Å². The summed E-state index contributed by atoms with van der Waals surface area (Å²) in [5.41, 5.74) is 0. The molecule has 1 aromatic carbocycles. The molecule has 110 valence electrons. The quantitative estimate of drug-likeness (QED) is 0.773. The first-order valence-electron chi connectivity index (χ1n) is 7.10. The molecule has 0 amide bonds. The lowest BCUT2D eigenvalue weighted by atomic mass is 10.2. The molecule has 2 aromatic heterocycles. The van der Waals surface area contributed by atoms with E-state index in [0.29, 0.717) is 0 Å². The van der Waals surface area contributed by atoms with Gasteiger partial charge in [-0.25, -0.2) is 9.37 Å². The molecule has 0 spiro atoms. The molecule has 0 saturated heterocycles. The largest absolute Gasteiger partial charge is 0.333 e. The summed E-state index contributed by atoms with van der Waals surface area (Å²) in [6.45, 7) is 3.10. The third-order valence-corrected chi connectivity index (χ3v) is 4.72. The smallest absolute Gasteiger partial charge is 0.131 e. The van der Waals surface area contributed by atoms with Crippen molar-refractivity contribution < 1.29 is 4.39 Å². The number of aromatic nitrogens is 2. The molecule has 0 bridgehead atoms. The topological polar surface area (TPSA) is 29.9 Å².